The lowest BCUT2D eigenvalue weighted by Crippen LogP contribution is -2.55. The van der Waals surface area contributed by atoms with Gasteiger partial charge in [-0.05, 0) is 38.0 Å². The lowest BCUT2D eigenvalue weighted by molar-refractivity contribution is -0.147. The van der Waals surface area contributed by atoms with Crippen LogP contribution in [0.15, 0.2) is 0 Å². The van der Waals surface area contributed by atoms with E-state index in [1.54, 1.807) is 4.90 Å². The van der Waals surface area contributed by atoms with Crippen molar-refractivity contribution < 1.29 is 24.3 Å². The van der Waals surface area contributed by atoms with Gasteiger partial charge in [0.05, 0.1) is 6.04 Å². The van der Waals surface area contributed by atoms with Crippen LogP contribution < -0.4 is 11.1 Å². The van der Waals surface area contributed by atoms with E-state index in [0.717, 1.165) is 6.42 Å². The van der Waals surface area contributed by atoms with Crippen molar-refractivity contribution >= 4 is 23.7 Å². The third-order valence-electron chi connectivity index (χ3n) is 5.12. The fourth-order valence-corrected chi connectivity index (χ4v) is 3.88. The van der Waals surface area contributed by atoms with Crippen LogP contribution in [-0.2, 0) is 19.2 Å². The van der Waals surface area contributed by atoms with E-state index in [0.29, 0.717) is 38.8 Å². The Balaban J connectivity index is 2.04. The molecule has 3 amide bonds. The van der Waals surface area contributed by atoms with Crippen LogP contribution in [0.1, 0.15) is 46.0 Å². The minimum absolute atomic E-state index is 0.217. The van der Waals surface area contributed by atoms with Crippen LogP contribution in [0.3, 0.4) is 0 Å². The van der Waals surface area contributed by atoms with Gasteiger partial charge in [-0.25, -0.2) is 0 Å². The number of carbonyl (C=O) groups excluding carboxylic acids is 3. The van der Waals surface area contributed by atoms with Gasteiger partial charge in [-0.3, -0.25) is 19.2 Å². The van der Waals surface area contributed by atoms with Crippen molar-refractivity contribution in [3.05, 3.63) is 0 Å². The van der Waals surface area contributed by atoms with Gasteiger partial charge in [-0.1, -0.05) is 13.8 Å². The van der Waals surface area contributed by atoms with Gasteiger partial charge in [-0.15, -0.1) is 0 Å². The van der Waals surface area contributed by atoms with Crippen LogP contribution in [0.4, 0.5) is 0 Å². The second kappa shape index (κ2) is 9.16. The van der Waals surface area contributed by atoms with E-state index in [-0.39, 0.29) is 17.7 Å². The number of rotatable bonds is 7. The number of amides is 3. The highest BCUT2D eigenvalue weighted by Gasteiger charge is 2.42. The van der Waals surface area contributed by atoms with Crippen molar-refractivity contribution in [2.24, 2.45) is 11.7 Å². The molecule has 0 saturated carbocycles. The Morgan fingerprint density at radius 1 is 1.07 bits per heavy atom. The SMILES string of the molecule is CC(C)CC(N)C(=O)N1CCCC1C(=O)N1CCCC1C(=O)NCC(=O)O. The molecule has 152 valence electrons. The van der Waals surface area contributed by atoms with Crippen molar-refractivity contribution in [2.45, 2.75) is 64.1 Å². The molecule has 2 heterocycles. The van der Waals surface area contributed by atoms with Crippen LogP contribution in [0, 0.1) is 5.92 Å². The molecule has 0 aromatic heterocycles. The molecule has 0 radical (unpaired) electrons. The second-order valence-corrected chi connectivity index (χ2v) is 7.73. The van der Waals surface area contributed by atoms with Crippen LogP contribution in [0.2, 0.25) is 0 Å². The maximum Gasteiger partial charge on any atom is 0.322 e. The van der Waals surface area contributed by atoms with Gasteiger partial charge in [-0.2, -0.15) is 0 Å². The van der Waals surface area contributed by atoms with E-state index in [1.807, 2.05) is 13.8 Å². The first-order chi connectivity index (χ1) is 12.7. The van der Waals surface area contributed by atoms with E-state index >= 15 is 0 Å². The number of aliphatic carboxylic acids is 1. The third-order valence-corrected chi connectivity index (χ3v) is 5.12. The van der Waals surface area contributed by atoms with Gasteiger partial charge in [0, 0.05) is 13.1 Å². The summed E-state index contributed by atoms with van der Waals surface area (Å²) in [6.45, 7) is 4.43. The molecule has 2 fully saturated rings. The summed E-state index contributed by atoms with van der Waals surface area (Å²) in [5.41, 5.74) is 6.02. The summed E-state index contributed by atoms with van der Waals surface area (Å²) in [6, 6.07) is -1.91. The molecular formula is C18H30N4O5. The Hall–Kier alpha value is -2.16. The predicted octanol–water partition coefficient (Wildman–Crippen LogP) is -0.457. The Kier molecular flexibility index (Phi) is 7.18. The van der Waals surface area contributed by atoms with Gasteiger partial charge < -0.3 is 26.0 Å². The average Bonchev–Trinajstić information content (AvgIpc) is 3.26. The van der Waals surface area contributed by atoms with Gasteiger partial charge in [0.1, 0.15) is 18.6 Å². The molecule has 0 bridgehead atoms. The Bertz CT molecular complexity index is 594. The number of carboxylic acid groups (broad SMARTS) is 1. The number of nitrogens with zero attached hydrogens (tertiary/aromatic N) is 2. The smallest absolute Gasteiger partial charge is 0.322 e. The summed E-state index contributed by atoms with van der Waals surface area (Å²) < 4.78 is 0. The van der Waals surface area contributed by atoms with Crippen LogP contribution in [-0.4, -0.2) is 76.4 Å². The quantitative estimate of drug-likeness (QED) is 0.546. The molecule has 27 heavy (non-hydrogen) atoms. The zero-order valence-corrected chi connectivity index (χ0v) is 16.0. The minimum Gasteiger partial charge on any atom is -0.480 e. The monoisotopic (exact) mass is 382 g/mol. The van der Waals surface area contributed by atoms with Gasteiger partial charge in [0.15, 0.2) is 0 Å². The summed E-state index contributed by atoms with van der Waals surface area (Å²) in [7, 11) is 0. The molecule has 0 aromatic rings. The van der Waals surface area contributed by atoms with Crippen molar-refractivity contribution in [1.29, 1.82) is 0 Å². The van der Waals surface area contributed by atoms with Crippen molar-refractivity contribution in [3.63, 3.8) is 0 Å². The minimum atomic E-state index is -1.13. The molecule has 0 spiro atoms. The standard InChI is InChI=1S/C18H30N4O5/c1-11(2)9-12(19)17(26)22-8-4-6-14(22)18(27)21-7-3-5-13(21)16(25)20-10-15(23)24/h11-14H,3-10,19H2,1-2H3,(H,20,25)(H,23,24). The van der Waals surface area contributed by atoms with Gasteiger partial charge >= 0.3 is 5.97 Å². The molecule has 3 unspecified atom stereocenters. The number of hydrogen-bond donors (Lipinski definition) is 3. The van der Waals surface area contributed by atoms with E-state index in [2.05, 4.69) is 5.32 Å². The Labute approximate surface area is 159 Å². The topological polar surface area (TPSA) is 133 Å². The van der Waals surface area contributed by atoms with E-state index in [4.69, 9.17) is 10.8 Å². The first-order valence-electron chi connectivity index (χ1n) is 9.58. The highest BCUT2D eigenvalue weighted by molar-refractivity contribution is 5.94. The van der Waals surface area contributed by atoms with Crippen LogP contribution in [0.25, 0.3) is 0 Å². The van der Waals surface area contributed by atoms with Gasteiger partial charge in [0.25, 0.3) is 0 Å². The van der Waals surface area contributed by atoms with E-state index in [1.165, 1.54) is 4.90 Å². The Morgan fingerprint density at radius 3 is 2.26 bits per heavy atom. The molecule has 2 aliphatic heterocycles. The molecule has 4 N–H and O–H groups in total. The van der Waals surface area contributed by atoms with E-state index < -0.39 is 36.5 Å². The van der Waals surface area contributed by atoms with Crippen molar-refractivity contribution in [1.82, 2.24) is 15.1 Å². The normalized spacial score (nSPS) is 23.6. The number of likely N-dealkylation sites (tertiary alicyclic amines) is 2. The first kappa shape index (κ1) is 21.1. The lowest BCUT2D eigenvalue weighted by Gasteiger charge is -2.32. The average molecular weight is 382 g/mol. The summed E-state index contributed by atoms with van der Waals surface area (Å²) >= 11 is 0. The fourth-order valence-electron chi connectivity index (χ4n) is 3.88. The van der Waals surface area contributed by atoms with E-state index in [9.17, 15) is 19.2 Å². The highest BCUT2D eigenvalue weighted by Crippen LogP contribution is 2.26. The molecule has 3 atom stereocenters. The molecule has 2 rings (SSSR count). The molecule has 2 saturated heterocycles. The first-order valence-corrected chi connectivity index (χ1v) is 9.58. The number of hydrogen-bond acceptors (Lipinski definition) is 5. The second-order valence-electron chi connectivity index (χ2n) is 7.73. The number of nitrogens with one attached hydrogen (secondary N) is 1. The zero-order valence-electron chi connectivity index (χ0n) is 16.0. The molecule has 9 nitrogen and oxygen atoms in total. The van der Waals surface area contributed by atoms with Crippen molar-refractivity contribution in [2.75, 3.05) is 19.6 Å². The molecule has 0 aromatic carbocycles. The number of carbonyl (C=O) groups is 4. The van der Waals surface area contributed by atoms with Crippen LogP contribution in [0.5, 0.6) is 0 Å². The number of carboxylic acids is 1. The maximum atomic E-state index is 13.1. The molecule has 2 aliphatic rings. The van der Waals surface area contributed by atoms with Crippen LogP contribution >= 0.6 is 0 Å². The largest absolute Gasteiger partial charge is 0.480 e. The summed E-state index contributed by atoms with van der Waals surface area (Å²) in [5.74, 6) is -1.78. The summed E-state index contributed by atoms with van der Waals surface area (Å²) in [6.07, 6.45) is 2.99. The van der Waals surface area contributed by atoms with Gasteiger partial charge in [0.2, 0.25) is 17.7 Å². The molecular weight excluding hydrogens is 352 g/mol. The summed E-state index contributed by atoms with van der Waals surface area (Å²) in [4.78, 5) is 51.7. The number of nitrogens with two attached hydrogens (primary N) is 1. The zero-order chi connectivity index (χ0) is 20.1. The Morgan fingerprint density at radius 2 is 1.67 bits per heavy atom. The lowest BCUT2D eigenvalue weighted by atomic mass is 10.0. The highest BCUT2D eigenvalue weighted by atomic mass is 16.4. The third kappa shape index (κ3) is 5.18. The fraction of sp³-hybridized carbons (Fsp3) is 0.778. The predicted molar refractivity (Wildman–Crippen MR) is 97.5 cm³/mol. The maximum absolute atomic E-state index is 13.1. The summed E-state index contributed by atoms with van der Waals surface area (Å²) in [5, 5.41) is 11.1. The molecule has 9 heteroatoms. The molecule has 0 aliphatic carbocycles. The van der Waals surface area contributed by atoms with Crippen molar-refractivity contribution in [3.8, 4) is 0 Å².